The summed E-state index contributed by atoms with van der Waals surface area (Å²) in [6.45, 7) is 5.69. The number of esters is 1. The molecule has 3 atom stereocenters. The molecule has 3 unspecified atom stereocenters. The zero-order valence-electron chi connectivity index (χ0n) is 8.87. The van der Waals surface area contributed by atoms with Gasteiger partial charge in [0.05, 0.1) is 12.5 Å². The molecule has 0 N–H and O–H groups in total. The Morgan fingerprint density at radius 3 is 3.07 bits per heavy atom. The van der Waals surface area contributed by atoms with Gasteiger partial charge in [-0.1, -0.05) is 0 Å². The summed E-state index contributed by atoms with van der Waals surface area (Å²) in [6.07, 6.45) is 3.65. The summed E-state index contributed by atoms with van der Waals surface area (Å²) >= 11 is 0. The van der Waals surface area contributed by atoms with Crippen molar-refractivity contribution in [3.63, 3.8) is 0 Å². The molecule has 0 aromatic rings. The van der Waals surface area contributed by atoms with E-state index in [2.05, 4.69) is 4.90 Å². The fourth-order valence-electron chi connectivity index (χ4n) is 2.73. The van der Waals surface area contributed by atoms with Gasteiger partial charge in [0, 0.05) is 13.1 Å². The summed E-state index contributed by atoms with van der Waals surface area (Å²) in [5.74, 6) is 0.907. The third-order valence-electron chi connectivity index (χ3n) is 3.32. The lowest BCUT2D eigenvalue weighted by Crippen LogP contribution is -2.46. The molecule has 14 heavy (non-hydrogen) atoms. The van der Waals surface area contributed by atoms with Gasteiger partial charge in [-0.2, -0.15) is 0 Å². The van der Waals surface area contributed by atoms with Crippen molar-refractivity contribution in [1.29, 1.82) is 0 Å². The highest BCUT2D eigenvalue weighted by Crippen LogP contribution is 2.30. The highest BCUT2D eigenvalue weighted by atomic mass is 16.5. The molecule has 2 rings (SSSR count). The predicted octanol–water partition coefficient (Wildman–Crippen LogP) is 1.28. The summed E-state index contributed by atoms with van der Waals surface area (Å²) in [5, 5.41) is 0. The van der Waals surface area contributed by atoms with Crippen LogP contribution in [-0.2, 0) is 9.53 Å². The molecule has 2 fully saturated rings. The minimum atomic E-state index is 0.0177. The van der Waals surface area contributed by atoms with Crippen molar-refractivity contribution >= 4 is 5.97 Å². The normalized spacial score (nSPS) is 36.5. The number of piperidine rings is 2. The number of hydrogen-bond acceptors (Lipinski definition) is 3. The van der Waals surface area contributed by atoms with Crippen LogP contribution in [0.1, 0.15) is 26.2 Å². The SMILES string of the molecule is CCOC(=O)C1CC2CCCN(C2)C1. The number of carbonyl (C=O) groups excluding carboxylic acids is 1. The molecular formula is C11H19NO2. The van der Waals surface area contributed by atoms with Crippen LogP contribution in [0.5, 0.6) is 0 Å². The fourth-order valence-corrected chi connectivity index (χ4v) is 2.73. The minimum absolute atomic E-state index is 0.0177. The highest BCUT2D eigenvalue weighted by Gasteiger charge is 2.34. The number of rotatable bonds is 2. The van der Waals surface area contributed by atoms with Crippen molar-refractivity contribution in [2.75, 3.05) is 26.2 Å². The lowest BCUT2D eigenvalue weighted by atomic mass is 9.83. The van der Waals surface area contributed by atoms with Crippen molar-refractivity contribution in [1.82, 2.24) is 4.90 Å². The van der Waals surface area contributed by atoms with Crippen molar-refractivity contribution in [3.05, 3.63) is 0 Å². The molecule has 0 spiro atoms. The Morgan fingerprint density at radius 1 is 1.50 bits per heavy atom. The Balaban J connectivity index is 1.91. The molecule has 2 aliphatic heterocycles. The summed E-state index contributed by atoms with van der Waals surface area (Å²) in [5.41, 5.74) is 0. The van der Waals surface area contributed by atoms with Crippen LogP contribution in [0.4, 0.5) is 0 Å². The van der Waals surface area contributed by atoms with Crippen LogP contribution < -0.4 is 0 Å². The molecule has 80 valence electrons. The van der Waals surface area contributed by atoms with Gasteiger partial charge in [0.1, 0.15) is 0 Å². The van der Waals surface area contributed by atoms with E-state index in [-0.39, 0.29) is 11.9 Å². The zero-order chi connectivity index (χ0) is 9.97. The first-order valence-corrected chi connectivity index (χ1v) is 5.68. The van der Waals surface area contributed by atoms with E-state index in [9.17, 15) is 4.79 Å². The number of nitrogens with zero attached hydrogens (tertiary/aromatic N) is 1. The van der Waals surface area contributed by atoms with Crippen LogP contribution in [0.2, 0.25) is 0 Å². The number of ether oxygens (including phenoxy) is 1. The molecule has 0 aromatic heterocycles. The van der Waals surface area contributed by atoms with E-state index in [1.54, 1.807) is 0 Å². The van der Waals surface area contributed by atoms with Gasteiger partial charge in [0.2, 0.25) is 0 Å². The molecular weight excluding hydrogens is 178 g/mol. The molecule has 0 saturated carbocycles. The largest absolute Gasteiger partial charge is 0.466 e. The molecule has 3 nitrogen and oxygen atoms in total. The molecule has 2 saturated heterocycles. The second-order valence-electron chi connectivity index (χ2n) is 4.45. The van der Waals surface area contributed by atoms with E-state index in [0.717, 1.165) is 18.9 Å². The Labute approximate surface area is 85.4 Å². The quantitative estimate of drug-likeness (QED) is 0.625. The third kappa shape index (κ3) is 2.08. The Bertz CT molecular complexity index is 205. The molecule has 0 radical (unpaired) electrons. The fraction of sp³-hybridized carbons (Fsp3) is 0.909. The maximum atomic E-state index is 11.6. The van der Waals surface area contributed by atoms with E-state index in [0.29, 0.717) is 6.61 Å². The standard InChI is InChI=1S/C11H19NO2/c1-2-14-11(13)10-6-9-4-3-5-12(7-9)8-10/h9-10H,2-8H2,1H3. The second-order valence-corrected chi connectivity index (χ2v) is 4.45. The van der Waals surface area contributed by atoms with Gasteiger partial charge >= 0.3 is 5.97 Å². The van der Waals surface area contributed by atoms with Gasteiger partial charge in [-0.25, -0.2) is 0 Å². The zero-order valence-corrected chi connectivity index (χ0v) is 8.87. The summed E-state index contributed by atoms with van der Waals surface area (Å²) in [4.78, 5) is 14.0. The van der Waals surface area contributed by atoms with E-state index in [1.807, 2.05) is 6.92 Å². The first-order chi connectivity index (χ1) is 6.79. The summed E-state index contributed by atoms with van der Waals surface area (Å²) in [7, 11) is 0. The summed E-state index contributed by atoms with van der Waals surface area (Å²) < 4.78 is 5.08. The Hall–Kier alpha value is -0.570. The van der Waals surface area contributed by atoms with Crippen molar-refractivity contribution in [3.8, 4) is 0 Å². The van der Waals surface area contributed by atoms with Crippen LogP contribution in [0, 0.1) is 11.8 Å². The lowest BCUT2D eigenvalue weighted by Gasteiger charge is -2.40. The third-order valence-corrected chi connectivity index (χ3v) is 3.32. The first-order valence-electron chi connectivity index (χ1n) is 5.68. The van der Waals surface area contributed by atoms with Crippen molar-refractivity contribution in [2.24, 2.45) is 11.8 Å². The van der Waals surface area contributed by atoms with Crippen molar-refractivity contribution in [2.45, 2.75) is 26.2 Å². The maximum absolute atomic E-state index is 11.6. The molecule has 2 bridgehead atoms. The van der Waals surface area contributed by atoms with Crippen LogP contribution in [0.15, 0.2) is 0 Å². The molecule has 2 heterocycles. The smallest absolute Gasteiger partial charge is 0.310 e. The molecule has 0 aliphatic carbocycles. The number of hydrogen-bond donors (Lipinski definition) is 0. The van der Waals surface area contributed by atoms with Gasteiger partial charge < -0.3 is 9.64 Å². The number of fused-ring (bicyclic) bond motifs is 2. The molecule has 0 amide bonds. The van der Waals surface area contributed by atoms with Crippen molar-refractivity contribution < 1.29 is 9.53 Å². The monoisotopic (exact) mass is 197 g/mol. The van der Waals surface area contributed by atoms with E-state index in [1.165, 1.54) is 25.9 Å². The van der Waals surface area contributed by atoms with Gasteiger partial charge in [-0.05, 0) is 38.6 Å². The van der Waals surface area contributed by atoms with Crippen LogP contribution in [0.25, 0.3) is 0 Å². The molecule has 2 aliphatic rings. The van der Waals surface area contributed by atoms with Gasteiger partial charge in [-0.3, -0.25) is 4.79 Å². The number of carbonyl (C=O) groups is 1. The lowest BCUT2D eigenvalue weighted by molar-refractivity contribution is -0.151. The average molecular weight is 197 g/mol. The van der Waals surface area contributed by atoms with Gasteiger partial charge in [0.25, 0.3) is 0 Å². The first kappa shape index (κ1) is 9.97. The van der Waals surface area contributed by atoms with E-state index < -0.39 is 0 Å². The highest BCUT2D eigenvalue weighted by molar-refractivity contribution is 5.72. The van der Waals surface area contributed by atoms with Crippen LogP contribution >= 0.6 is 0 Å². The van der Waals surface area contributed by atoms with E-state index >= 15 is 0 Å². The minimum Gasteiger partial charge on any atom is -0.466 e. The maximum Gasteiger partial charge on any atom is 0.310 e. The average Bonchev–Trinajstić information content (AvgIpc) is 2.17. The second kappa shape index (κ2) is 4.30. The van der Waals surface area contributed by atoms with Crippen LogP contribution in [0.3, 0.4) is 0 Å². The molecule has 3 heteroatoms. The molecule has 0 aromatic carbocycles. The van der Waals surface area contributed by atoms with Gasteiger partial charge in [-0.15, -0.1) is 0 Å². The summed E-state index contributed by atoms with van der Waals surface area (Å²) in [6, 6.07) is 0. The Kier molecular flexibility index (Phi) is 3.06. The predicted molar refractivity (Wildman–Crippen MR) is 53.9 cm³/mol. The van der Waals surface area contributed by atoms with Crippen LogP contribution in [-0.4, -0.2) is 37.1 Å². The topological polar surface area (TPSA) is 29.5 Å². The van der Waals surface area contributed by atoms with Gasteiger partial charge in [0.15, 0.2) is 0 Å². The van der Waals surface area contributed by atoms with E-state index in [4.69, 9.17) is 4.74 Å². The Morgan fingerprint density at radius 2 is 2.36 bits per heavy atom.